The first-order valence-corrected chi connectivity index (χ1v) is 10.3. The molecule has 3 aromatic heterocycles. The number of aryl methyl sites for hydroxylation is 2. The van der Waals surface area contributed by atoms with Crippen LogP contribution < -0.4 is 5.32 Å². The van der Waals surface area contributed by atoms with E-state index in [-0.39, 0.29) is 5.91 Å². The van der Waals surface area contributed by atoms with E-state index < -0.39 is 0 Å². The van der Waals surface area contributed by atoms with Gasteiger partial charge in [0, 0.05) is 18.1 Å². The Hall–Kier alpha value is -2.64. The van der Waals surface area contributed by atoms with Gasteiger partial charge in [0.05, 0.1) is 16.1 Å². The maximum Gasteiger partial charge on any atom is 0.234 e. The third kappa shape index (κ3) is 3.89. The molecule has 0 spiro atoms. The van der Waals surface area contributed by atoms with Gasteiger partial charge in [-0.1, -0.05) is 23.9 Å². The van der Waals surface area contributed by atoms with E-state index in [2.05, 4.69) is 22.3 Å². The van der Waals surface area contributed by atoms with Gasteiger partial charge in [-0.3, -0.25) is 4.79 Å². The van der Waals surface area contributed by atoms with Crippen LogP contribution in [0.1, 0.15) is 11.1 Å². The molecule has 1 amide bonds. The number of nitrogens with zero attached hydrogens (tertiary/aromatic N) is 3. The summed E-state index contributed by atoms with van der Waals surface area (Å²) in [5, 5.41) is 10.4. The Kier molecular flexibility index (Phi) is 4.96. The van der Waals surface area contributed by atoms with E-state index in [1.54, 1.807) is 17.5 Å². The Balaban J connectivity index is 1.48. The molecule has 0 saturated heterocycles. The van der Waals surface area contributed by atoms with Crippen LogP contribution in [0.15, 0.2) is 59.2 Å². The van der Waals surface area contributed by atoms with Crippen molar-refractivity contribution in [2.45, 2.75) is 18.9 Å². The van der Waals surface area contributed by atoms with E-state index in [0.29, 0.717) is 5.75 Å². The van der Waals surface area contributed by atoms with Gasteiger partial charge in [0.1, 0.15) is 10.7 Å². The number of benzene rings is 1. The lowest BCUT2D eigenvalue weighted by Crippen LogP contribution is -2.14. The largest absolute Gasteiger partial charge is 0.325 e. The fourth-order valence-electron chi connectivity index (χ4n) is 2.70. The SMILES string of the molecule is Cc1ccc(NC(=O)CSc2nccn3nc(-c4cccs4)cc23)cc1C. The molecular weight excluding hydrogens is 376 g/mol. The van der Waals surface area contributed by atoms with Crippen molar-refractivity contribution in [1.29, 1.82) is 0 Å². The summed E-state index contributed by atoms with van der Waals surface area (Å²) in [4.78, 5) is 17.9. The van der Waals surface area contributed by atoms with Gasteiger partial charge in [-0.15, -0.1) is 11.3 Å². The molecule has 136 valence electrons. The van der Waals surface area contributed by atoms with E-state index >= 15 is 0 Å². The van der Waals surface area contributed by atoms with Gasteiger partial charge < -0.3 is 5.32 Å². The average Bonchev–Trinajstić information content (AvgIpc) is 3.32. The molecule has 0 aliphatic heterocycles. The highest BCUT2D eigenvalue weighted by atomic mass is 32.2. The van der Waals surface area contributed by atoms with Crippen LogP contribution in [-0.4, -0.2) is 26.3 Å². The number of hydrogen-bond donors (Lipinski definition) is 1. The van der Waals surface area contributed by atoms with Gasteiger partial charge in [0.25, 0.3) is 0 Å². The van der Waals surface area contributed by atoms with E-state index in [1.807, 2.05) is 59.4 Å². The molecule has 4 aromatic rings. The van der Waals surface area contributed by atoms with Crippen molar-refractivity contribution in [2.24, 2.45) is 0 Å². The second-order valence-corrected chi connectivity index (χ2v) is 8.12. The summed E-state index contributed by atoms with van der Waals surface area (Å²) in [5.41, 5.74) is 5.01. The molecule has 3 heterocycles. The van der Waals surface area contributed by atoms with Crippen LogP contribution in [0.2, 0.25) is 0 Å². The molecule has 7 heteroatoms. The van der Waals surface area contributed by atoms with Crippen LogP contribution in [0.4, 0.5) is 5.69 Å². The molecule has 4 rings (SSSR count). The maximum atomic E-state index is 12.3. The molecule has 1 N–H and O–H groups in total. The minimum absolute atomic E-state index is 0.0509. The number of carbonyl (C=O) groups excluding carboxylic acids is 1. The van der Waals surface area contributed by atoms with E-state index in [1.165, 1.54) is 17.3 Å². The normalized spacial score (nSPS) is 11.0. The minimum atomic E-state index is -0.0509. The minimum Gasteiger partial charge on any atom is -0.325 e. The third-order valence-corrected chi connectivity index (χ3v) is 6.15. The third-order valence-electron chi connectivity index (χ3n) is 4.26. The molecule has 0 bridgehead atoms. The van der Waals surface area contributed by atoms with Crippen molar-refractivity contribution >= 4 is 40.2 Å². The summed E-state index contributed by atoms with van der Waals surface area (Å²) in [5.74, 6) is 0.240. The van der Waals surface area contributed by atoms with E-state index in [0.717, 1.165) is 32.4 Å². The van der Waals surface area contributed by atoms with Crippen LogP contribution >= 0.6 is 23.1 Å². The molecule has 0 saturated carbocycles. The standard InChI is InChI=1S/C20H18N4OS2/c1-13-5-6-15(10-14(13)2)22-19(25)12-27-20-17-11-16(18-4-3-9-26-18)23-24(17)8-7-21-20/h3-11H,12H2,1-2H3,(H,22,25). The van der Waals surface area contributed by atoms with Crippen molar-refractivity contribution in [2.75, 3.05) is 11.1 Å². The number of hydrogen-bond acceptors (Lipinski definition) is 5. The van der Waals surface area contributed by atoms with E-state index in [4.69, 9.17) is 0 Å². The number of amides is 1. The number of anilines is 1. The lowest BCUT2D eigenvalue weighted by atomic mass is 10.1. The molecule has 5 nitrogen and oxygen atoms in total. The van der Waals surface area contributed by atoms with Crippen molar-refractivity contribution in [3.8, 4) is 10.6 Å². The number of fused-ring (bicyclic) bond motifs is 1. The highest BCUT2D eigenvalue weighted by Crippen LogP contribution is 2.28. The summed E-state index contributed by atoms with van der Waals surface area (Å²) >= 11 is 3.07. The first kappa shape index (κ1) is 17.8. The van der Waals surface area contributed by atoms with Crippen LogP contribution in [0, 0.1) is 13.8 Å². The van der Waals surface area contributed by atoms with Crippen LogP contribution in [-0.2, 0) is 4.79 Å². The summed E-state index contributed by atoms with van der Waals surface area (Å²) in [6.07, 6.45) is 3.54. The predicted molar refractivity (Wildman–Crippen MR) is 112 cm³/mol. The van der Waals surface area contributed by atoms with Gasteiger partial charge in [-0.2, -0.15) is 5.10 Å². The Morgan fingerprint density at radius 1 is 1.22 bits per heavy atom. The number of nitrogens with one attached hydrogen (secondary N) is 1. The quantitative estimate of drug-likeness (QED) is 0.494. The molecule has 0 aliphatic rings. The average molecular weight is 395 g/mol. The molecule has 0 atom stereocenters. The van der Waals surface area contributed by atoms with Crippen molar-refractivity contribution in [1.82, 2.24) is 14.6 Å². The van der Waals surface area contributed by atoms with Crippen LogP contribution in [0.5, 0.6) is 0 Å². The number of rotatable bonds is 5. The smallest absolute Gasteiger partial charge is 0.234 e. The molecule has 0 aliphatic carbocycles. The number of thiophene rings is 1. The highest BCUT2D eigenvalue weighted by molar-refractivity contribution is 8.00. The zero-order chi connectivity index (χ0) is 18.8. The fourth-order valence-corrected chi connectivity index (χ4v) is 4.16. The summed E-state index contributed by atoms with van der Waals surface area (Å²) < 4.78 is 1.81. The van der Waals surface area contributed by atoms with Gasteiger partial charge in [0.15, 0.2) is 0 Å². The second kappa shape index (κ2) is 7.54. The Bertz CT molecular complexity index is 1100. The first-order chi connectivity index (χ1) is 13.1. The number of carbonyl (C=O) groups is 1. The zero-order valence-corrected chi connectivity index (χ0v) is 16.6. The molecule has 27 heavy (non-hydrogen) atoms. The maximum absolute atomic E-state index is 12.3. The fraction of sp³-hybridized carbons (Fsp3) is 0.150. The van der Waals surface area contributed by atoms with Crippen LogP contribution in [0.3, 0.4) is 0 Å². The molecule has 1 aromatic carbocycles. The predicted octanol–water partition coefficient (Wildman–Crippen LogP) is 4.81. The lowest BCUT2D eigenvalue weighted by Gasteiger charge is -2.07. The topological polar surface area (TPSA) is 59.3 Å². The summed E-state index contributed by atoms with van der Waals surface area (Å²) in [6.45, 7) is 4.09. The summed E-state index contributed by atoms with van der Waals surface area (Å²) in [6, 6.07) is 12.0. The van der Waals surface area contributed by atoms with Crippen LogP contribution in [0.25, 0.3) is 16.1 Å². The lowest BCUT2D eigenvalue weighted by molar-refractivity contribution is -0.113. The summed E-state index contributed by atoms with van der Waals surface area (Å²) in [7, 11) is 0. The van der Waals surface area contributed by atoms with Crippen molar-refractivity contribution in [3.63, 3.8) is 0 Å². The van der Waals surface area contributed by atoms with E-state index in [9.17, 15) is 4.79 Å². The van der Waals surface area contributed by atoms with Crippen molar-refractivity contribution < 1.29 is 4.79 Å². The zero-order valence-electron chi connectivity index (χ0n) is 15.0. The molecule has 0 fully saturated rings. The van der Waals surface area contributed by atoms with Crippen molar-refractivity contribution in [3.05, 3.63) is 65.3 Å². The molecule has 0 radical (unpaired) electrons. The van der Waals surface area contributed by atoms with Gasteiger partial charge in [0.2, 0.25) is 5.91 Å². The van der Waals surface area contributed by atoms with Gasteiger partial charge >= 0.3 is 0 Å². The number of aromatic nitrogens is 3. The van der Waals surface area contributed by atoms with Gasteiger partial charge in [-0.05, 0) is 54.6 Å². The number of thioether (sulfide) groups is 1. The first-order valence-electron chi connectivity index (χ1n) is 8.48. The Morgan fingerprint density at radius 3 is 2.89 bits per heavy atom. The Morgan fingerprint density at radius 2 is 2.11 bits per heavy atom. The molecule has 0 unspecified atom stereocenters. The second-order valence-electron chi connectivity index (χ2n) is 6.20. The monoisotopic (exact) mass is 394 g/mol. The van der Waals surface area contributed by atoms with Gasteiger partial charge in [-0.25, -0.2) is 9.50 Å². The Labute approximate surface area is 165 Å². The molecular formula is C20H18N4OS2. The highest BCUT2D eigenvalue weighted by Gasteiger charge is 2.12.